The third-order valence-corrected chi connectivity index (χ3v) is 3.96. The van der Waals surface area contributed by atoms with Gasteiger partial charge in [0.25, 0.3) is 17.7 Å². The van der Waals surface area contributed by atoms with Gasteiger partial charge in [-0.05, 0) is 30.2 Å². The van der Waals surface area contributed by atoms with E-state index in [0.29, 0.717) is 5.69 Å². The summed E-state index contributed by atoms with van der Waals surface area (Å²) in [7, 11) is 0. The third-order valence-electron chi connectivity index (χ3n) is 3.96. The molecule has 1 heterocycles. The van der Waals surface area contributed by atoms with Gasteiger partial charge >= 0.3 is 5.97 Å². The number of carboxylic acids is 1. The molecule has 3 N–H and O–H groups in total. The maximum Gasteiger partial charge on any atom is 0.351 e. The Balaban J connectivity index is 2.10. The van der Waals surface area contributed by atoms with E-state index in [-0.39, 0.29) is 11.5 Å². The van der Waals surface area contributed by atoms with Crippen molar-refractivity contribution < 1.29 is 29.1 Å². The summed E-state index contributed by atoms with van der Waals surface area (Å²) >= 11 is 0. The molecule has 1 aliphatic rings. The predicted octanol–water partition coefficient (Wildman–Crippen LogP) is 0.585. The van der Waals surface area contributed by atoms with Gasteiger partial charge in [-0.2, -0.15) is 0 Å². The van der Waals surface area contributed by atoms with Gasteiger partial charge in [0.05, 0.1) is 5.69 Å². The Morgan fingerprint density at radius 1 is 1.04 bits per heavy atom. The first-order valence-electron chi connectivity index (χ1n) is 8.32. The molecular weight excluding hydrogens is 366 g/mol. The first-order valence-corrected chi connectivity index (χ1v) is 8.32. The average Bonchev–Trinajstić information content (AvgIpc) is 2.97. The Kier molecular flexibility index (Phi) is 6.09. The smallest absolute Gasteiger partial charge is 0.351 e. The number of carbonyl (C=O) groups excluding carboxylic acids is 4. The second-order valence-corrected chi connectivity index (χ2v) is 6.36. The number of hydrogen-bond donors (Lipinski definition) is 3. The molecule has 0 spiro atoms. The molecule has 0 saturated heterocycles. The van der Waals surface area contributed by atoms with Crippen molar-refractivity contribution in [3.8, 4) is 0 Å². The lowest BCUT2D eigenvalue weighted by molar-refractivity contribution is -0.135. The van der Waals surface area contributed by atoms with Gasteiger partial charge in [0.2, 0.25) is 5.91 Å². The van der Waals surface area contributed by atoms with Gasteiger partial charge in [0.1, 0.15) is 11.7 Å². The van der Waals surface area contributed by atoms with Crippen LogP contribution in [0, 0.1) is 5.92 Å². The highest BCUT2D eigenvalue weighted by molar-refractivity contribution is 6.28. The van der Waals surface area contributed by atoms with Gasteiger partial charge in [-0.1, -0.05) is 20.4 Å². The number of benzene rings is 1. The fourth-order valence-corrected chi connectivity index (χ4v) is 2.46. The summed E-state index contributed by atoms with van der Waals surface area (Å²) in [5.74, 6) is -3.92. The van der Waals surface area contributed by atoms with E-state index in [1.165, 1.54) is 24.3 Å². The van der Waals surface area contributed by atoms with Crippen molar-refractivity contribution in [1.82, 2.24) is 10.6 Å². The topological polar surface area (TPSA) is 133 Å². The van der Waals surface area contributed by atoms with E-state index >= 15 is 0 Å². The van der Waals surface area contributed by atoms with E-state index in [1.54, 1.807) is 13.8 Å². The van der Waals surface area contributed by atoms with Gasteiger partial charge in [0, 0.05) is 17.7 Å². The van der Waals surface area contributed by atoms with Crippen molar-refractivity contribution in [2.75, 3.05) is 4.90 Å². The van der Waals surface area contributed by atoms with Crippen LogP contribution in [0.1, 0.15) is 24.2 Å². The fourth-order valence-electron chi connectivity index (χ4n) is 2.46. The molecule has 146 valence electrons. The van der Waals surface area contributed by atoms with Crippen LogP contribution in [0.15, 0.2) is 48.7 Å². The van der Waals surface area contributed by atoms with Crippen LogP contribution >= 0.6 is 0 Å². The van der Waals surface area contributed by atoms with Crippen molar-refractivity contribution in [1.29, 1.82) is 0 Å². The molecule has 1 aliphatic heterocycles. The van der Waals surface area contributed by atoms with Gasteiger partial charge in [-0.15, -0.1) is 0 Å². The van der Waals surface area contributed by atoms with Gasteiger partial charge in [-0.25, -0.2) is 9.69 Å². The first kappa shape index (κ1) is 20.6. The van der Waals surface area contributed by atoms with E-state index in [4.69, 9.17) is 5.11 Å². The molecular formula is C19H19N3O6. The number of amides is 4. The molecule has 1 aromatic carbocycles. The lowest BCUT2D eigenvalue weighted by Crippen LogP contribution is -2.49. The van der Waals surface area contributed by atoms with E-state index in [9.17, 15) is 24.0 Å². The van der Waals surface area contributed by atoms with Crippen LogP contribution < -0.4 is 15.5 Å². The van der Waals surface area contributed by atoms with Crippen molar-refractivity contribution in [2.24, 2.45) is 5.92 Å². The van der Waals surface area contributed by atoms with Crippen LogP contribution in [0.3, 0.4) is 0 Å². The Bertz CT molecular complexity index is 867. The number of nitrogens with zero attached hydrogens (tertiary/aromatic N) is 1. The molecule has 1 unspecified atom stereocenters. The molecule has 0 bridgehead atoms. The minimum absolute atomic E-state index is 0.200. The summed E-state index contributed by atoms with van der Waals surface area (Å²) in [6.45, 7) is 6.60. The molecule has 0 fully saturated rings. The highest BCUT2D eigenvalue weighted by Gasteiger charge is 2.27. The number of aliphatic carboxylic acids is 1. The minimum Gasteiger partial charge on any atom is -0.477 e. The quantitative estimate of drug-likeness (QED) is 0.465. The lowest BCUT2D eigenvalue weighted by atomic mass is 10.0. The highest BCUT2D eigenvalue weighted by Crippen LogP contribution is 2.19. The standard InChI is InChI=1S/C19H19N3O6/c1-10(2)16(18(26)20-11(3)19(27)28)21-17(25)12-4-6-13(7-5-12)22-14(23)8-9-15(22)24/h4-10,16H,3H2,1-2H3,(H,20,26)(H,21,25)(H,27,28). The maximum atomic E-state index is 12.5. The zero-order valence-electron chi connectivity index (χ0n) is 15.3. The second-order valence-electron chi connectivity index (χ2n) is 6.36. The molecule has 1 aromatic rings. The lowest BCUT2D eigenvalue weighted by Gasteiger charge is -2.22. The molecule has 2 rings (SSSR count). The molecule has 0 radical (unpaired) electrons. The summed E-state index contributed by atoms with van der Waals surface area (Å²) in [6.07, 6.45) is 2.31. The number of imide groups is 1. The second kappa shape index (κ2) is 8.30. The molecule has 0 aliphatic carbocycles. The Morgan fingerprint density at radius 3 is 2.04 bits per heavy atom. The number of carbonyl (C=O) groups is 5. The fraction of sp³-hybridized carbons (Fsp3) is 0.211. The van der Waals surface area contributed by atoms with Gasteiger partial charge in [0.15, 0.2) is 0 Å². The van der Waals surface area contributed by atoms with E-state index in [1.807, 2.05) is 0 Å². The minimum atomic E-state index is -1.38. The Hall–Kier alpha value is -3.75. The number of hydrogen-bond acceptors (Lipinski definition) is 5. The summed E-state index contributed by atoms with van der Waals surface area (Å²) in [5.41, 5.74) is 0.0154. The van der Waals surface area contributed by atoms with E-state index in [0.717, 1.165) is 17.1 Å². The van der Waals surface area contributed by atoms with Crippen molar-refractivity contribution >= 4 is 35.3 Å². The largest absolute Gasteiger partial charge is 0.477 e. The molecule has 9 heteroatoms. The molecule has 0 aromatic heterocycles. The van der Waals surface area contributed by atoms with Crippen LogP contribution in [0.2, 0.25) is 0 Å². The van der Waals surface area contributed by atoms with E-state index in [2.05, 4.69) is 17.2 Å². The van der Waals surface area contributed by atoms with Crippen LogP contribution in [0.5, 0.6) is 0 Å². The van der Waals surface area contributed by atoms with Crippen LogP contribution in [-0.4, -0.2) is 40.7 Å². The zero-order chi connectivity index (χ0) is 21.0. The van der Waals surface area contributed by atoms with Crippen LogP contribution in [0.4, 0.5) is 5.69 Å². The Labute approximate surface area is 160 Å². The van der Waals surface area contributed by atoms with Crippen molar-refractivity contribution in [3.63, 3.8) is 0 Å². The molecule has 1 atom stereocenters. The summed E-state index contributed by atoms with van der Waals surface area (Å²) in [4.78, 5) is 59.8. The number of anilines is 1. The normalized spacial score (nSPS) is 14.2. The maximum absolute atomic E-state index is 12.5. The first-order chi connectivity index (χ1) is 13.1. The third kappa shape index (κ3) is 4.50. The average molecular weight is 385 g/mol. The highest BCUT2D eigenvalue weighted by atomic mass is 16.4. The van der Waals surface area contributed by atoms with Crippen LogP contribution in [-0.2, 0) is 19.2 Å². The molecule has 9 nitrogen and oxygen atoms in total. The van der Waals surface area contributed by atoms with Crippen molar-refractivity contribution in [3.05, 3.63) is 54.3 Å². The number of rotatable bonds is 7. The molecule has 28 heavy (non-hydrogen) atoms. The molecule has 0 saturated carbocycles. The zero-order valence-corrected chi connectivity index (χ0v) is 15.3. The number of nitrogens with one attached hydrogen (secondary N) is 2. The van der Waals surface area contributed by atoms with Gasteiger partial charge < -0.3 is 15.7 Å². The van der Waals surface area contributed by atoms with E-state index < -0.39 is 41.3 Å². The summed E-state index contributed by atoms with van der Waals surface area (Å²) < 4.78 is 0. The van der Waals surface area contributed by atoms with Gasteiger partial charge in [-0.3, -0.25) is 19.2 Å². The van der Waals surface area contributed by atoms with Crippen LogP contribution in [0.25, 0.3) is 0 Å². The SMILES string of the molecule is C=C(NC(=O)C(NC(=O)c1ccc(N2C(=O)C=CC2=O)cc1)C(C)C)C(=O)O. The number of carboxylic acid groups (broad SMARTS) is 1. The summed E-state index contributed by atoms with van der Waals surface area (Å²) in [5, 5.41) is 13.5. The Morgan fingerprint density at radius 2 is 1.57 bits per heavy atom. The monoisotopic (exact) mass is 385 g/mol. The summed E-state index contributed by atoms with van der Waals surface area (Å²) in [6, 6.07) is 4.71. The predicted molar refractivity (Wildman–Crippen MR) is 99.1 cm³/mol. The molecule has 4 amide bonds. The van der Waals surface area contributed by atoms with Crippen molar-refractivity contribution in [2.45, 2.75) is 19.9 Å².